The van der Waals surface area contributed by atoms with Crippen LogP contribution in [-0.4, -0.2) is 30.3 Å². The maximum atomic E-state index is 12.6. The highest BCUT2D eigenvalue weighted by molar-refractivity contribution is 5.87. The zero-order valence-electron chi connectivity index (χ0n) is 13.9. The lowest BCUT2D eigenvalue weighted by atomic mass is 9.92. The second-order valence-electron chi connectivity index (χ2n) is 7.48. The highest BCUT2D eigenvalue weighted by Gasteiger charge is 2.54. The SMILES string of the molecule is O=C1NC2(CCCCCCCCCCC2)OC12CCNCC2. The Kier molecular flexibility index (Phi) is 5.40. The normalized spacial score (nSPS) is 29.7. The van der Waals surface area contributed by atoms with Gasteiger partial charge in [-0.25, -0.2) is 0 Å². The quantitative estimate of drug-likeness (QED) is 0.722. The summed E-state index contributed by atoms with van der Waals surface area (Å²) in [5, 5.41) is 6.64. The molecule has 2 heterocycles. The van der Waals surface area contributed by atoms with Gasteiger partial charge in [-0.1, -0.05) is 44.9 Å². The third-order valence-electron chi connectivity index (χ3n) is 5.72. The number of carbonyl (C=O) groups excluding carboxylic acids is 1. The molecule has 0 unspecified atom stereocenters. The topological polar surface area (TPSA) is 50.4 Å². The summed E-state index contributed by atoms with van der Waals surface area (Å²) >= 11 is 0. The van der Waals surface area contributed by atoms with Crippen molar-refractivity contribution in [1.29, 1.82) is 0 Å². The number of nitrogens with one attached hydrogen (secondary N) is 2. The van der Waals surface area contributed by atoms with Crippen LogP contribution in [0.1, 0.15) is 83.5 Å². The van der Waals surface area contributed by atoms with Gasteiger partial charge < -0.3 is 15.4 Å². The first kappa shape index (κ1) is 16.3. The van der Waals surface area contributed by atoms with E-state index in [4.69, 9.17) is 4.74 Å². The third-order valence-corrected chi connectivity index (χ3v) is 5.72. The van der Waals surface area contributed by atoms with Crippen LogP contribution in [0, 0.1) is 0 Å². The van der Waals surface area contributed by atoms with Gasteiger partial charge in [0.1, 0.15) is 5.72 Å². The molecule has 0 radical (unpaired) electrons. The van der Waals surface area contributed by atoms with E-state index in [2.05, 4.69) is 10.6 Å². The first-order valence-corrected chi connectivity index (χ1v) is 9.48. The van der Waals surface area contributed by atoms with Crippen molar-refractivity contribution in [3.63, 3.8) is 0 Å². The number of carbonyl (C=O) groups is 1. The Balaban J connectivity index is 1.66. The van der Waals surface area contributed by atoms with Crippen LogP contribution in [0.2, 0.25) is 0 Å². The molecule has 1 amide bonds. The Morgan fingerprint density at radius 2 is 1.23 bits per heavy atom. The molecule has 0 aromatic heterocycles. The number of ether oxygens (including phenoxy) is 1. The van der Waals surface area contributed by atoms with Gasteiger partial charge in [-0.3, -0.25) is 4.79 Å². The van der Waals surface area contributed by atoms with Gasteiger partial charge in [0.2, 0.25) is 0 Å². The van der Waals surface area contributed by atoms with Gasteiger partial charge in [0, 0.05) is 0 Å². The van der Waals surface area contributed by atoms with E-state index < -0.39 is 5.60 Å². The summed E-state index contributed by atoms with van der Waals surface area (Å²) in [5.74, 6) is 0.154. The molecule has 0 atom stereocenters. The molecule has 4 heteroatoms. The summed E-state index contributed by atoms with van der Waals surface area (Å²) in [7, 11) is 0. The van der Waals surface area contributed by atoms with Gasteiger partial charge >= 0.3 is 0 Å². The van der Waals surface area contributed by atoms with Crippen molar-refractivity contribution in [2.75, 3.05) is 13.1 Å². The molecule has 2 aliphatic heterocycles. The van der Waals surface area contributed by atoms with Crippen LogP contribution in [0.4, 0.5) is 0 Å². The van der Waals surface area contributed by atoms with E-state index in [0.29, 0.717) is 0 Å². The molecule has 0 aromatic rings. The molecule has 4 nitrogen and oxygen atoms in total. The molecular weight excluding hydrogens is 276 g/mol. The first-order chi connectivity index (χ1) is 10.7. The van der Waals surface area contributed by atoms with E-state index in [0.717, 1.165) is 38.8 Å². The molecule has 2 spiro atoms. The summed E-state index contributed by atoms with van der Waals surface area (Å²) < 4.78 is 6.53. The average molecular weight is 308 g/mol. The van der Waals surface area contributed by atoms with E-state index in [1.807, 2.05) is 0 Å². The standard InChI is InChI=1S/C18H32N2O2/c21-16-17(12-14-19-15-13-17)22-18(20-16)10-8-6-4-2-1-3-5-7-9-11-18/h19H,1-15H2,(H,20,21). The number of rotatable bonds is 0. The second kappa shape index (κ2) is 7.31. The maximum Gasteiger partial charge on any atom is 0.254 e. The molecule has 0 aromatic carbocycles. The molecule has 3 aliphatic rings. The summed E-state index contributed by atoms with van der Waals surface area (Å²) in [4.78, 5) is 12.6. The number of hydrogen-bond acceptors (Lipinski definition) is 3. The van der Waals surface area contributed by atoms with Crippen LogP contribution >= 0.6 is 0 Å². The predicted molar refractivity (Wildman–Crippen MR) is 87.6 cm³/mol. The van der Waals surface area contributed by atoms with Gasteiger partial charge in [0.05, 0.1) is 0 Å². The van der Waals surface area contributed by atoms with Gasteiger partial charge in [-0.2, -0.15) is 0 Å². The molecule has 3 fully saturated rings. The zero-order valence-corrected chi connectivity index (χ0v) is 13.9. The zero-order chi connectivity index (χ0) is 15.3. The Morgan fingerprint density at radius 1 is 0.727 bits per heavy atom. The van der Waals surface area contributed by atoms with E-state index in [-0.39, 0.29) is 11.6 Å². The highest BCUT2D eigenvalue weighted by atomic mass is 16.6. The third kappa shape index (κ3) is 3.65. The van der Waals surface area contributed by atoms with E-state index in [1.165, 1.54) is 57.8 Å². The Bertz CT molecular complexity index is 365. The fraction of sp³-hybridized carbons (Fsp3) is 0.944. The molecule has 126 valence electrons. The minimum Gasteiger partial charge on any atom is -0.339 e. The summed E-state index contributed by atoms with van der Waals surface area (Å²) in [6.07, 6.45) is 15.3. The molecular formula is C18H32N2O2. The molecule has 2 N–H and O–H groups in total. The van der Waals surface area contributed by atoms with Crippen molar-refractivity contribution in [2.45, 2.75) is 94.8 Å². The van der Waals surface area contributed by atoms with Crippen LogP contribution in [0.15, 0.2) is 0 Å². The van der Waals surface area contributed by atoms with Crippen LogP contribution in [-0.2, 0) is 9.53 Å². The molecule has 0 bridgehead atoms. The molecule has 2 saturated heterocycles. The fourth-order valence-electron chi connectivity index (χ4n) is 4.34. The maximum absolute atomic E-state index is 12.6. The molecule has 1 aliphatic carbocycles. The van der Waals surface area contributed by atoms with Gasteiger partial charge in [0.15, 0.2) is 5.60 Å². The van der Waals surface area contributed by atoms with Crippen LogP contribution in [0.3, 0.4) is 0 Å². The van der Waals surface area contributed by atoms with E-state index in [1.54, 1.807) is 0 Å². The van der Waals surface area contributed by atoms with Crippen LogP contribution < -0.4 is 10.6 Å². The van der Waals surface area contributed by atoms with E-state index in [9.17, 15) is 4.79 Å². The summed E-state index contributed by atoms with van der Waals surface area (Å²) in [6.45, 7) is 1.78. The highest BCUT2D eigenvalue weighted by Crippen LogP contribution is 2.39. The second-order valence-corrected chi connectivity index (χ2v) is 7.48. The van der Waals surface area contributed by atoms with Crippen molar-refractivity contribution in [2.24, 2.45) is 0 Å². The monoisotopic (exact) mass is 308 g/mol. The van der Waals surface area contributed by atoms with Gasteiger partial charge in [-0.15, -0.1) is 0 Å². The summed E-state index contributed by atoms with van der Waals surface area (Å²) in [6, 6.07) is 0. The number of amides is 1. The van der Waals surface area contributed by atoms with Crippen molar-refractivity contribution in [3.8, 4) is 0 Å². The van der Waals surface area contributed by atoms with Gasteiger partial charge in [-0.05, 0) is 51.6 Å². The van der Waals surface area contributed by atoms with Crippen molar-refractivity contribution < 1.29 is 9.53 Å². The van der Waals surface area contributed by atoms with Crippen molar-refractivity contribution in [1.82, 2.24) is 10.6 Å². The minimum absolute atomic E-state index is 0.154. The van der Waals surface area contributed by atoms with Crippen molar-refractivity contribution >= 4 is 5.91 Å². The minimum atomic E-state index is -0.539. The van der Waals surface area contributed by atoms with Crippen molar-refractivity contribution in [3.05, 3.63) is 0 Å². The van der Waals surface area contributed by atoms with Gasteiger partial charge in [0.25, 0.3) is 5.91 Å². The number of piperidine rings is 1. The lowest BCUT2D eigenvalue weighted by Crippen LogP contribution is -2.47. The first-order valence-electron chi connectivity index (χ1n) is 9.48. The summed E-state index contributed by atoms with van der Waals surface area (Å²) in [5.41, 5.74) is -0.907. The van der Waals surface area contributed by atoms with E-state index >= 15 is 0 Å². The smallest absolute Gasteiger partial charge is 0.254 e. The lowest BCUT2D eigenvalue weighted by molar-refractivity contribution is -0.149. The largest absolute Gasteiger partial charge is 0.339 e. The number of hydrogen-bond donors (Lipinski definition) is 2. The Labute approximate surface area is 134 Å². The molecule has 3 rings (SSSR count). The molecule has 22 heavy (non-hydrogen) atoms. The average Bonchev–Trinajstić information content (AvgIpc) is 2.77. The Hall–Kier alpha value is -0.610. The van der Waals surface area contributed by atoms with Crippen LogP contribution in [0.25, 0.3) is 0 Å². The fourth-order valence-corrected chi connectivity index (χ4v) is 4.34. The van der Waals surface area contributed by atoms with Crippen LogP contribution in [0.5, 0.6) is 0 Å². The predicted octanol–water partition coefficient (Wildman–Crippen LogP) is 3.26. The lowest BCUT2D eigenvalue weighted by Gasteiger charge is -2.35. The Morgan fingerprint density at radius 3 is 1.77 bits per heavy atom. The molecule has 1 saturated carbocycles.